The van der Waals surface area contributed by atoms with E-state index in [0.29, 0.717) is 29.8 Å². The van der Waals surface area contributed by atoms with E-state index in [-0.39, 0.29) is 11.8 Å². The van der Waals surface area contributed by atoms with Crippen LogP contribution in [-0.4, -0.2) is 24.9 Å². The van der Waals surface area contributed by atoms with Crippen LogP contribution in [0.1, 0.15) is 34.3 Å². The van der Waals surface area contributed by atoms with Gasteiger partial charge in [-0.3, -0.25) is 9.59 Å². The minimum Gasteiger partial charge on any atom is -0.465 e. The fraction of sp³-hybridized carbons (Fsp3) is 0.286. The van der Waals surface area contributed by atoms with E-state index in [1.165, 1.54) is 13.2 Å². The lowest BCUT2D eigenvalue weighted by Gasteiger charge is -2.17. The van der Waals surface area contributed by atoms with Gasteiger partial charge in [0.05, 0.1) is 12.7 Å². The molecule has 1 fully saturated rings. The highest BCUT2D eigenvalue weighted by Crippen LogP contribution is 2.47. The molecule has 2 aromatic rings. The zero-order valence-corrected chi connectivity index (χ0v) is 15.6. The molecule has 1 saturated carbocycles. The van der Waals surface area contributed by atoms with Crippen LogP contribution in [0.25, 0.3) is 0 Å². The second kappa shape index (κ2) is 7.23. The molecule has 2 N–H and O–H groups in total. The maximum Gasteiger partial charge on any atom is 0.337 e. The maximum atomic E-state index is 12.7. The van der Waals surface area contributed by atoms with Crippen molar-refractivity contribution in [3.8, 4) is 0 Å². The molecule has 27 heavy (non-hydrogen) atoms. The molecule has 140 valence electrons. The third-order valence-electron chi connectivity index (χ3n) is 4.79. The Kier molecular flexibility index (Phi) is 4.99. The van der Waals surface area contributed by atoms with E-state index in [0.717, 1.165) is 11.1 Å². The monoisotopic (exact) mass is 366 g/mol. The van der Waals surface area contributed by atoms with Crippen LogP contribution < -0.4 is 10.6 Å². The van der Waals surface area contributed by atoms with Gasteiger partial charge >= 0.3 is 5.97 Å². The van der Waals surface area contributed by atoms with Crippen LogP contribution in [0.3, 0.4) is 0 Å². The van der Waals surface area contributed by atoms with E-state index < -0.39 is 11.4 Å². The van der Waals surface area contributed by atoms with Crippen molar-refractivity contribution >= 4 is 29.2 Å². The summed E-state index contributed by atoms with van der Waals surface area (Å²) >= 11 is 0. The SMILES string of the molecule is COC(=O)c1cccc(NC(=O)C2(C(=O)Nc3ccc(C)cc3C)CC2)c1. The Morgan fingerprint density at radius 3 is 2.30 bits per heavy atom. The van der Waals surface area contributed by atoms with Crippen molar-refractivity contribution in [1.82, 2.24) is 0 Å². The summed E-state index contributed by atoms with van der Waals surface area (Å²) in [6.07, 6.45) is 0.985. The summed E-state index contributed by atoms with van der Waals surface area (Å²) in [5.41, 5.74) is 2.48. The first-order valence-electron chi connectivity index (χ1n) is 8.74. The number of hydrogen-bond donors (Lipinski definition) is 2. The quantitative estimate of drug-likeness (QED) is 0.627. The molecule has 0 aromatic heterocycles. The molecule has 1 aliphatic carbocycles. The standard InChI is InChI=1S/C21H22N2O4/c1-13-7-8-17(14(2)11-13)23-20(26)21(9-10-21)19(25)22-16-6-4-5-15(12-16)18(24)27-3/h4-8,11-12H,9-10H2,1-3H3,(H,22,25)(H,23,26). The number of aryl methyl sites for hydroxylation is 2. The van der Waals surface area contributed by atoms with Gasteiger partial charge in [-0.15, -0.1) is 0 Å². The maximum absolute atomic E-state index is 12.7. The summed E-state index contributed by atoms with van der Waals surface area (Å²) in [5.74, 6) is -1.16. The summed E-state index contributed by atoms with van der Waals surface area (Å²) in [7, 11) is 1.30. The number of ether oxygens (including phenoxy) is 1. The van der Waals surface area contributed by atoms with Crippen molar-refractivity contribution in [2.75, 3.05) is 17.7 Å². The number of anilines is 2. The van der Waals surface area contributed by atoms with Gasteiger partial charge in [0.2, 0.25) is 11.8 Å². The number of rotatable bonds is 5. The Morgan fingerprint density at radius 1 is 0.963 bits per heavy atom. The molecule has 0 heterocycles. The summed E-state index contributed by atoms with van der Waals surface area (Å²) < 4.78 is 4.68. The number of methoxy groups -OCH3 is 1. The fourth-order valence-corrected chi connectivity index (χ4v) is 2.97. The molecular weight excluding hydrogens is 344 g/mol. The van der Waals surface area contributed by atoms with Gasteiger partial charge in [-0.05, 0) is 56.5 Å². The molecule has 2 aromatic carbocycles. The van der Waals surface area contributed by atoms with Gasteiger partial charge in [0.15, 0.2) is 0 Å². The molecule has 3 rings (SSSR count). The van der Waals surface area contributed by atoms with E-state index in [9.17, 15) is 14.4 Å². The van der Waals surface area contributed by atoms with Gasteiger partial charge < -0.3 is 15.4 Å². The molecule has 6 nitrogen and oxygen atoms in total. The number of carbonyl (C=O) groups is 3. The lowest BCUT2D eigenvalue weighted by Crippen LogP contribution is -2.35. The van der Waals surface area contributed by atoms with Gasteiger partial charge in [0.1, 0.15) is 5.41 Å². The van der Waals surface area contributed by atoms with Crippen LogP contribution in [0.4, 0.5) is 11.4 Å². The van der Waals surface area contributed by atoms with Gasteiger partial charge in [-0.25, -0.2) is 4.79 Å². The van der Waals surface area contributed by atoms with Crippen molar-refractivity contribution in [3.05, 3.63) is 59.2 Å². The number of benzene rings is 2. The van der Waals surface area contributed by atoms with E-state index >= 15 is 0 Å². The third-order valence-corrected chi connectivity index (χ3v) is 4.79. The lowest BCUT2D eigenvalue weighted by atomic mass is 10.0. The Hall–Kier alpha value is -3.15. The van der Waals surface area contributed by atoms with Crippen LogP contribution in [0.15, 0.2) is 42.5 Å². The zero-order chi connectivity index (χ0) is 19.6. The molecule has 0 bridgehead atoms. The fourth-order valence-electron chi connectivity index (χ4n) is 2.97. The summed E-state index contributed by atoms with van der Waals surface area (Å²) in [6.45, 7) is 3.90. The number of amides is 2. The Balaban J connectivity index is 1.72. The largest absolute Gasteiger partial charge is 0.465 e. The number of carbonyl (C=O) groups excluding carboxylic acids is 3. The third kappa shape index (κ3) is 3.84. The highest BCUT2D eigenvalue weighted by molar-refractivity contribution is 6.17. The molecule has 1 aliphatic rings. The topological polar surface area (TPSA) is 84.5 Å². The predicted molar refractivity (Wildman–Crippen MR) is 103 cm³/mol. The van der Waals surface area contributed by atoms with Gasteiger partial charge in [0, 0.05) is 11.4 Å². The van der Waals surface area contributed by atoms with Crippen LogP contribution >= 0.6 is 0 Å². The minimum absolute atomic E-state index is 0.309. The summed E-state index contributed by atoms with van der Waals surface area (Å²) in [5, 5.41) is 5.62. The summed E-state index contributed by atoms with van der Waals surface area (Å²) in [4.78, 5) is 37.1. The number of nitrogens with one attached hydrogen (secondary N) is 2. The zero-order valence-electron chi connectivity index (χ0n) is 15.6. The minimum atomic E-state index is -1.07. The second-order valence-corrected chi connectivity index (χ2v) is 6.88. The van der Waals surface area contributed by atoms with Crippen molar-refractivity contribution in [2.45, 2.75) is 26.7 Å². The van der Waals surface area contributed by atoms with Crippen molar-refractivity contribution in [3.63, 3.8) is 0 Å². The molecule has 2 amide bonds. The predicted octanol–water partition coefficient (Wildman–Crippen LogP) is 3.45. The van der Waals surface area contributed by atoms with E-state index in [4.69, 9.17) is 0 Å². The van der Waals surface area contributed by atoms with Crippen LogP contribution in [0.2, 0.25) is 0 Å². The lowest BCUT2D eigenvalue weighted by molar-refractivity contribution is -0.131. The van der Waals surface area contributed by atoms with Crippen LogP contribution in [0.5, 0.6) is 0 Å². The molecule has 0 saturated heterocycles. The first-order chi connectivity index (χ1) is 12.9. The second-order valence-electron chi connectivity index (χ2n) is 6.88. The van der Waals surface area contributed by atoms with Crippen molar-refractivity contribution in [1.29, 1.82) is 0 Å². The van der Waals surface area contributed by atoms with Crippen LogP contribution in [-0.2, 0) is 14.3 Å². The molecule has 0 aliphatic heterocycles. The van der Waals surface area contributed by atoms with Gasteiger partial charge in [-0.1, -0.05) is 23.8 Å². The Labute approximate surface area is 157 Å². The molecular formula is C21H22N2O4. The molecule has 0 unspecified atom stereocenters. The van der Waals surface area contributed by atoms with Gasteiger partial charge in [0.25, 0.3) is 0 Å². The van der Waals surface area contributed by atoms with E-state index in [1.807, 2.05) is 32.0 Å². The average molecular weight is 366 g/mol. The van der Waals surface area contributed by atoms with Crippen molar-refractivity contribution in [2.24, 2.45) is 5.41 Å². The van der Waals surface area contributed by atoms with Crippen molar-refractivity contribution < 1.29 is 19.1 Å². The average Bonchev–Trinajstić information content (AvgIpc) is 3.45. The van der Waals surface area contributed by atoms with E-state index in [2.05, 4.69) is 15.4 Å². The highest BCUT2D eigenvalue weighted by atomic mass is 16.5. The smallest absolute Gasteiger partial charge is 0.337 e. The number of esters is 1. The first-order valence-corrected chi connectivity index (χ1v) is 8.74. The van der Waals surface area contributed by atoms with Crippen LogP contribution in [0, 0.1) is 19.3 Å². The normalized spacial score (nSPS) is 14.2. The molecule has 6 heteroatoms. The molecule has 0 radical (unpaired) electrons. The first kappa shape index (κ1) is 18.6. The Morgan fingerprint density at radius 2 is 1.67 bits per heavy atom. The highest BCUT2D eigenvalue weighted by Gasteiger charge is 2.56. The van der Waals surface area contributed by atoms with Gasteiger partial charge in [-0.2, -0.15) is 0 Å². The Bertz CT molecular complexity index is 916. The number of hydrogen-bond acceptors (Lipinski definition) is 4. The van der Waals surface area contributed by atoms with E-state index in [1.54, 1.807) is 18.2 Å². The molecule has 0 atom stereocenters. The summed E-state index contributed by atoms with van der Waals surface area (Å²) in [6, 6.07) is 12.2. The molecule has 0 spiro atoms.